The van der Waals surface area contributed by atoms with Crippen molar-refractivity contribution >= 4 is 5.96 Å². The summed E-state index contributed by atoms with van der Waals surface area (Å²) >= 11 is 0. The van der Waals surface area contributed by atoms with Crippen LogP contribution in [0.2, 0.25) is 0 Å². The van der Waals surface area contributed by atoms with Gasteiger partial charge in [0, 0.05) is 6.04 Å². The lowest BCUT2D eigenvalue weighted by molar-refractivity contribution is 0.527. The molecular weight excluding hydrogens is 162 g/mol. The van der Waals surface area contributed by atoms with Crippen LogP contribution >= 0.6 is 0 Å². The zero-order valence-electron chi connectivity index (χ0n) is 8.29. The van der Waals surface area contributed by atoms with Gasteiger partial charge in [0.05, 0.1) is 6.04 Å². The van der Waals surface area contributed by atoms with E-state index in [0.29, 0.717) is 18.0 Å². The average Bonchev–Trinajstić information content (AvgIpc) is 2.79. The van der Waals surface area contributed by atoms with Crippen LogP contribution in [-0.4, -0.2) is 18.0 Å². The van der Waals surface area contributed by atoms with Crippen LogP contribution in [-0.2, 0) is 0 Å². The Balaban J connectivity index is 1.85. The monoisotopic (exact) mass is 181 g/mol. The van der Waals surface area contributed by atoms with Crippen LogP contribution in [0.5, 0.6) is 0 Å². The largest absolute Gasteiger partial charge is 0.370 e. The Hall–Kier alpha value is -0.730. The van der Waals surface area contributed by atoms with Crippen molar-refractivity contribution in [2.75, 3.05) is 0 Å². The zero-order valence-corrected chi connectivity index (χ0v) is 8.29. The number of guanidine groups is 1. The second kappa shape index (κ2) is 3.56. The molecule has 2 unspecified atom stereocenters. The van der Waals surface area contributed by atoms with E-state index in [0.717, 1.165) is 5.92 Å². The Morgan fingerprint density at radius 1 is 1.31 bits per heavy atom. The fourth-order valence-corrected chi connectivity index (χ4v) is 1.97. The van der Waals surface area contributed by atoms with Gasteiger partial charge in [-0.25, -0.2) is 4.99 Å². The number of nitrogens with two attached hydrogens (primary N) is 1. The molecule has 0 aromatic heterocycles. The molecule has 0 bridgehead atoms. The van der Waals surface area contributed by atoms with Crippen LogP contribution in [0, 0.1) is 5.92 Å². The maximum absolute atomic E-state index is 5.80. The molecule has 2 saturated carbocycles. The summed E-state index contributed by atoms with van der Waals surface area (Å²) < 4.78 is 0. The van der Waals surface area contributed by atoms with Gasteiger partial charge in [-0.3, -0.25) is 0 Å². The van der Waals surface area contributed by atoms with Crippen LogP contribution < -0.4 is 11.1 Å². The summed E-state index contributed by atoms with van der Waals surface area (Å²) in [5, 5.41) is 3.23. The molecule has 2 rings (SSSR count). The molecule has 0 aromatic rings. The molecule has 3 N–H and O–H groups in total. The van der Waals surface area contributed by atoms with Gasteiger partial charge in [0.2, 0.25) is 0 Å². The number of rotatable bonds is 2. The van der Waals surface area contributed by atoms with E-state index in [2.05, 4.69) is 17.2 Å². The highest BCUT2D eigenvalue weighted by Crippen LogP contribution is 2.27. The molecule has 2 atom stereocenters. The summed E-state index contributed by atoms with van der Waals surface area (Å²) in [5.41, 5.74) is 5.80. The maximum Gasteiger partial charge on any atom is 0.189 e. The predicted molar refractivity (Wildman–Crippen MR) is 54.6 cm³/mol. The zero-order chi connectivity index (χ0) is 9.26. The quantitative estimate of drug-likeness (QED) is 0.497. The van der Waals surface area contributed by atoms with E-state index < -0.39 is 0 Å². The third kappa shape index (κ3) is 2.36. The number of nitrogens with zero attached hydrogens (tertiary/aromatic N) is 1. The topological polar surface area (TPSA) is 50.4 Å². The van der Waals surface area contributed by atoms with E-state index in [4.69, 9.17) is 5.73 Å². The first-order valence-corrected chi connectivity index (χ1v) is 5.35. The van der Waals surface area contributed by atoms with Gasteiger partial charge in [0.25, 0.3) is 0 Å². The third-order valence-electron chi connectivity index (χ3n) is 3.05. The van der Waals surface area contributed by atoms with Crippen molar-refractivity contribution in [1.82, 2.24) is 5.32 Å². The Morgan fingerprint density at radius 3 is 2.62 bits per heavy atom. The van der Waals surface area contributed by atoms with Gasteiger partial charge >= 0.3 is 0 Å². The van der Waals surface area contributed by atoms with Crippen molar-refractivity contribution in [2.45, 2.75) is 51.1 Å². The molecule has 3 heteroatoms. The molecule has 2 aliphatic rings. The molecule has 0 heterocycles. The molecule has 13 heavy (non-hydrogen) atoms. The molecule has 0 spiro atoms. The molecule has 0 aliphatic heterocycles. The van der Waals surface area contributed by atoms with Gasteiger partial charge < -0.3 is 11.1 Å². The van der Waals surface area contributed by atoms with Gasteiger partial charge in [-0.2, -0.15) is 0 Å². The highest BCUT2D eigenvalue weighted by atomic mass is 15.1. The van der Waals surface area contributed by atoms with E-state index in [-0.39, 0.29) is 0 Å². The van der Waals surface area contributed by atoms with Crippen LogP contribution in [0.4, 0.5) is 0 Å². The first-order valence-electron chi connectivity index (χ1n) is 5.35. The summed E-state index contributed by atoms with van der Waals surface area (Å²) in [7, 11) is 0. The Labute approximate surface area is 79.8 Å². The number of hydrogen-bond donors (Lipinski definition) is 2. The lowest BCUT2D eigenvalue weighted by atomic mass is 10.1. The fourth-order valence-electron chi connectivity index (χ4n) is 1.97. The van der Waals surface area contributed by atoms with E-state index >= 15 is 0 Å². The van der Waals surface area contributed by atoms with Gasteiger partial charge in [-0.15, -0.1) is 0 Å². The average molecular weight is 181 g/mol. The van der Waals surface area contributed by atoms with Crippen molar-refractivity contribution in [2.24, 2.45) is 16.6 Å². The summed E-state index contributed by atoms with van der Waals surface area (Å²) in [5.74, 6) is 1.39. The molecule has 0 amide bonds. The molecule has 2 fully saturated rings. The van der Waals surface area contributed by atoms with Crippen molar-refractivity contribution in [3.8, 4) is 0 Å². The first-order chi connectivity index (χ1) is 6.25. The standard InChI is InChI=1S/C10H19N3/c1-7-3-2-4-9(7)13-10(11)12-8-5-6-8/h7-9H,2-6H2,1H3,(H3,11,12,13). The highest BCUT2D eigenvalue weighted by Gasteiger charge is 2.25. The van der Waals surface area contributed by atoms with Crippen LogP contribution in [0.1, 0.15) is 39.0 Å². The van der Waals surface area contributed by atoms with Crippen molar-refractivity contribution in [1.29, 1.82) is 0 Å². The molecule has 0 saturated heterocycles. The smallest absolute Gasteiger partial charge is 0.189 e. The summed E-state index contributed by atoms with van der Waals surface area (Å²) in [6.45, 7) is 2.27. The Bertz CT molecular complexity index is 208. The van der Waals surface area contributed by atoms with Crippen molar-refractivity contribution in [3.63, 3.8) is 0 Å². The minimum atomic E-state index is 0.478. The summed E-state index contributed by atoms with van der Waals surface area (Å²) in [6, 6.07) is 1.10. The van der Waals surface area contributed by atoms with Crippen molar-refractivity contribution in [3.05, 3.63) is 0 Å². The van der Waals surface area contributed by atoms with E-state index in [1.165, 1.54) is 32.1 Å². The second-order valence-electron chi connectivity index (χ2n) is 4.41. The summed E-state index contributed by atoms with van der Waals surface area (Å²) in [4.78, 5) is 4.52. The SMILES string of the molecule is CC1CCCC1N=C(N)NC1CC1. The second-order valence-corrected chi connectivity index (χ2v) is 4.41. The summed E-state index contributed by atoms with van der Waals surface area (Å²) in [6.07, 6.45) is 6.36. The molecule has 0 aromatic carbocycles. The number of aliphatic imine (C=N–C) groups is 1. The fraction of sp³-hybridized carbons (Fsp3) is 0.900. The molecule has 74 valence electrons. The molecular formula is C10H19N3. The van der Waals surface area contributed by atoms with E-state index in [1.807, 2.05) is 0 Å². The van der Waals surface area contributed by atoms with Gasteiger partial charge in [-0.05, 0) is 31.6 Å². The van der Waals surface area contributed by atoms with Gasteiger partial charge in [0.15, 0.2) is 5.96 Å². The Kier molecular flexibility index (Phi) is 2.42. The van der Waals surface area contributed by atoms with Gasteiger partial charge in [0.1, 0.15) is 0 Å². The molecule has 3 nitrogen and oxygen atoms in total. The third-order valence-corrected chi connectivity index (χ3v) is 3.05. The normalized spacial score (nSPS) is 35.0. The predicted octanol–water partition coefficient (Wildman–Crippen LogP) is 1.24. The number of nitrogens with one attached hydrogen (secondary N) is 1. The lowest BCUT2D eigenvalue weighted by Crippen LogP contribution is -2.34. The first kappa shape index (κ1) is 8.85. The minimum Gasteiger partial charge on any atom is -0.370 e. The van der Waals surface area contributed by atoms with E-state index in [1.54, 1.807) is 0 Å². The van der Waals surface area contributed by atoms with Crippen LogP contribution in [0.15, 0.2) is 4.99 Å². The van der Waals surface area contributed by atoms with Crippen LogP contribution in [0.3, 0.4) is 0 Å². The highest BCUT2D eigenvalue weighted by molar-refractivity contribution is 5.78. The Morgan fingerprint density at radius 2 is 2.08 bits per heavy atom. The molecule has 0 radical (unpaired) electrons. The van der Waals surface area contributed by atoms with Crippen LogP contribution in [0.25, 0.3) is 0 Å². The lowest BCUT2D eigenvalue weighted by Gasteiger charge is -2.11. The van der Waals surface area contributed by atoms with Gasteiger partial charge in [-0.1, -0.05) is 13.3 Å². The van der Waals surface area contributed by atoms with Crippen molar-refractivity contribution < 1.29 is 0 Å². The van der Waals surface area contributed by atoms with E-state index in [9.17, 15) is 0 Å². The minimum absolute atomic E-state index is 0.478. The maximum atomic E-state index is 5.80. The number of hydrogen-bond acceptors (Lipinski definition) is 1. The molecule has 2 aliphatic carbocycles.